The van der Waals surface area contributed by atoms with Crippen molar-refractivity contribution < 1.29 is 13.6 Å². The monoisotopic (exact) mass is 342 g/mol. The van der Waals surface area contributed by atoms with Crippen LogP contribution >= 0.6 is 0 Å². The van der Waals surface area contributed by atoms with Crippen LogP contribution in [-0.2, 0) is 0 Å². The minimum Gasteiger partial charge on any atom is -0.367 e. The highest BCUT2D eigenvalue weighted by Crippen LogP contribution is 2.24. The number of benzene rings is 2. The van der Waals surface area contributed by atoms with Crippen molar-refractivity contribution in [2.45, 2.75) is 12.5 Å². The van der Waals surface area contributed by atoms with E-state index >= 15 is 0 Å². The summed E-state index contributed by atoms with van der Waals surface area (Å²) >= 11 is 0. The minimum atomic E-state index is -0.449. The van der Waals surface area contributed by atoms with Crippen molar-refractivity contribution >= 4 is 17.4 Å². The van der Waals surface area contributed by atoms with Crippen LogP contribution in [0.5, 0.6) is 0 Å². The van der Waals surface area contributed by atoms with Gasteiger partial charge in [-0.15, -0.1) is 0 Å². The van der Waals surface area contributed by atoms with Gasteiger partial charge in [-0.1, -0.05) is 0 Å². The fourth-order valence-corrected chi connectivity index (χ4v) is 2.82. The van der Waals surface area contributed by atoms with Crippen LogP contribution in [0.15, 0.2) is 42.5 Å². The van der Waals surface area contributed by atoms with Gasteiger partial charge in [-0.25, -0.2) is 13.6 Å². The second-order valence-corrected chi connectivity index (χ2v) is 5.81. The van der Waals surface area contributed by atoms with Crippen molar-refractivity contribution in [2.75, 3.05) is 23.3 Å². The maximum atomic E-state index is 14.1. The van der Waals surface area contributed by atoms with Crippen LogP contribution in [-0.4, -0.2) is 25.2 Å². The van der Waals surface area contributed by atoms with Crippen LogP contribution in [0.3, 0.4) is 0 Å². The van der Waals surface area contributed by atoms with Gasteiger partial charge in [-0.05, 0) is 48.9 Å². The second kappa shape index (κ2) is 7.18. The lowest BCUT2D eigenvalue weighted by molar-refractivity contribution is 0.249. The van der Waals surface area contributed by atoms with Gasteiger partial charge in [0.25, 0.3) is 0 Å². The Morgan fingerprint density at radius 1 is 1.20 bits per heavy atom. The fourth-order valence-electron chi connectivity index (χ4n) is 2.82. The lowest BCUT2D eigenvalue weighted by Gasteiger charge is -2.20. The molecular formula is C18H16F2N4O. The Labute approximate surface area is 143 Å². The predicted molar refractivity (Wildman–Crippen MR) is 90.3 cm³/mol. The number of hydrogen-bond acceptors (Lipinski definition) is 3. The number of rotatable bonds is 3. The number of hydrogen-bond donors (Lipinski definition) is 2. The van der Waals surface area contributed by atoms with Gasteiger partial charge in [0.05, 0.1) is 17.3 Å². The first-order valence-electron chi connectivity index (χ1n) is 7.83. The van der Waals surface area contributed by atoms with Gasteiger partial charge in [-0.2, -0.15) is 5.26 Å². The minimum absolute atomic E-state index is 0.129. The van der Waals surface area contributed by atoms with E-state index in [9.17, 15) is 13.6 Å². The molecule has 1 atom stereocenters. The number of carbonyl (C=O) groups is 1. The largest absolute Gasteiger partial charge is 0.367 e. The summed E-state index contributed by atoms with van der Waals surface area (Å²) in [6.07, 6.45) is 0.677. The van der Waals surface area contributed by atoms with Crippen molar-refractivity contribution in [3.8, 4) is 6.07 Å². The summed E-state index contributed by atoms with van der Waals surface area (Å²) in [4.78, 5) is 13.8. The molecule has 25 heavy (non-hydrogen) atoms. The Morgan fingerprint density at radius 2 is 1.96 bits per heavy atom. The standard InChI is InChI=1S/C18H16F2N4O/c19-13-2-4-14(5-3-13)22-18(25)23-15-7-8-24(11-15)17-6-1-12(10-21)9-16(17)20/h1-6,9,15H,7-8,11H2,(H2,22,23,25). The molecule has 0 aromatic heterocycles. The first-order valence-corrected chi connectivity index (χ1v) is 7.83. The summed E-state index contributed by atoms with van der Waals surface area (Å²) in [5.74, 6) is -0.822. The molecule has 1 saturated heterocycles. The molecule has 5 nitrogen and oxygen atoms in total. The van der Waals surface area contributed by atoms with Crippen LogP contribution in [0, 0.1) is 23.0 Å². The Bertz CT molecular complexity index is 817. The molecule has 1 aliphatic heterocycles. The zero-order valence-corrected chi connectivity index (χ0v) is 13.3. The van der Waals surface area contributed by atoms with E-state index in [1.54, 1.807) is 12.1 Å². The molecule has 2 aromatic carbocycles. The van der Waals surface area contributed by atoms with E-state index in [-0.39, 0.29) is 17.4 Å². The molecule has 2 N–H and O–H groups in total. The number of nitrogens with zero attached hydrogens (tertiary/aromatic N) is 2. The number of urea groups is 1. The molecule has 0 saturated carbocycles. The van der Waals surface area contributed by atoms with Gasteiger partial charge in [0, 0.05) is 24.8 Å². The number of nitriles is 1. The molecule has 0 spiro atoms. The summed E-state index contributed by atoms with van der Waals surface area (Å²) in [6, 6.07) is 11.2. The normalized spacial score (nSPS) is 16.4. The molecule has 1 fully saturated rings. The van der Waals surface area contributed by atoms with Gasteiger partial charge < -0.3 is 15.5 Å². The van der Waals surface area contributed by atoms with Crippen molar-refractivity contribution in [2.24, 2.45) is 0 Å². The molecule has 1 aliphatic rings. The molecule has 1 heterocycles. The lowest BCUT2D eigenvalue weighted by atomic mass is 10.2. The highest BCUT2D eigenvalue weighted by atomic mass is 19.1. The van der Waals surface area contributed by atoms with Crippen molar-refractivity contribution in [3.63, 3.8) is 0 Å². The molecule has 2 amide bonds. The average Bonchev–Trinajstić information content (AvgIpc) is 3.04. The van der Waals surface area contributed by atoms with E-state index in [0.717, 1.165) is 0 Å². The Hall–Kier alpha value is -3.14. The second-order valence-electron chi connectivity index (χ2n) is 5.81. The average molecular weight is 342 g/mol. The summed E-state index contributed by atoms with van der Waals surface area (Å²) in [5.41, 5.74) is 1.18. The topological polar surface area (TPSA) is 68.2 Å². The third kappa shape index (κ3) is 4.04. The van der Waals surface area contributed by atoms with Crippen LogP contribution < -0.4 is 15.5 Å². The Kier molecular flexibility index (Phi) is 4.80. The number of anilines is 2. The van der Waals surface area contributed by atoms with Crippen LogP contribution in [0.25, 0.3) is 0 Å². The van der Waals surface area contributed by atoms with Crippen molar-refractivity contribution in [1.29, 1.82) is 5.26 Å². The zero-order valence-electron chi connectivity index (χ0n) is 13.3. The van der Waals surface area contributed by atoms with Gasteiger partial charge in [0.1, 0.15) is 11.6 Å². The molecule has 3 rings (SSSR count). The third-order valence-electron chi connectivity index (χ3n) is 4.04. The van der Waals surface area contributed by atoms with Crippen molar-refractivity contribution in [3.05, 3.63) is 59.7 Å². The molecule has 1 unspecified atom stereocenters. The maximum Gasteiger partial charge on any atom is 0.319 e. The predicted octanol–water partition coefficient (Wildman–Crippen LogP) is 3.24. The SMILES string of the molecule is N#Cc1ccc(N2CCC(NC(=O)Nc3ccc(F)cc3)C2)c(F)c1. The molecule has 0 radical (unpaired) electrons. The fraction of sp³-hybridized carbons (Fsp3) is 0.222. The van der Waals surface area contributed by atoms with E-state index in [4.69, 9.17) is 5.26 Å². The maximum absolute atomic E-state index is 14.1. The molecule has 0 bridgehead atoms. The first-order chi connectivity index (χ1) is 12.0. The van der Waals surface area contributed by atoms with Crippen molar-refractivity contribution in [1.82, 2.24) is 5.32 Å². The van der Waals surface area contributed by atoms with Gasteiger partial charge in [-0.3, -0.25) is 0 Å². The van der Waals surface area contributed by atoms with E-state index in [0.29, 0.717) is 30.9 Å². The molecule has 0 aliphatic carbocycles. The number of amides is 2. The summed E-state index contributed by atoms with van der Waals surface area (Å²) in [7, 11) is 0. The summed E-state index contributed by atoms with van der Waals surface area (Å²) in [5, 5.41) is 14.2. The summed E-state index contributed by atoms with van der Waals surface area (Å²) in [6.45, 7) is 1.07. The smallest absolute Gasteiger partial charge is 0.319 e. The van der Waals surface area contributed by atoms with E-state index < -0.39 is 11.8 Å². The van der Waals surface area contributed by atoms with Crippen LogP contribution in [0.2, 0.25) is 0 Å². The lowest BCUT2D eigenvalue weighted by Crippen LogP contribution is -2.39. The molecule has 2 aromatic rings. The highest BCUT2D eigenvalue weighted by molar-refractivity contribution is 5.89. The van der Waals surface area contributed by atoms with Gasteiger partial charge in [0.15, 0.2) is 0 Å². The number of halogens is 2. The number of carbonyl (C=O) groups excluding carboxylic acids is 1. The van der Waals surface area contributed by atoms with Crippen LogP contribution in [0.4, 0.5) is 25.0 Å². The van der Waals surface area contributed by atoms with E-state index in [2.05, 4.69) is 10.6 Å². The molecule has 7 heteroatoms. The van der Waals surface area contributed by atoms with Gasteiger partial charge in [0.2, 0.25) is 0 Å². The molecule has 128 valence electrons. The Morgan fingerprint density at radius 3 is 2.64 bits per heavy atom. The number of nitrogens with one attached hydrogen (secondary N) is 2. The van der Waals surface area contributed by atoms with E-state index in [1.807, 2.05) is 11.0 Å². The zero-order chi connectivity index (χ0) is 17.8. The van der Waals surface area contributed by atoms with E-state index in [1.165, 1.54) is 30.3 Å². The summed E-state index contributed by atoms with van der Waals surface area (Å²) < 4.78 is 26.9. The van der Waals surface area contributed by atoms with Crippen LogP contribution in [0.1, 0.15) is 12.0 Å². The third-order valence-corrected chi connectivity index (χ3v) is 4.04. The first kappa shape index (κ1) is 16.7. The van der Waals surface area contributed by atoms with Gasteiger partial charge >= 0.3 is 6.03 Å². The Balaban J connectivity index is 1.57. The molecular weight excluding hydrogens is 326 g/mol. The highest BCUT2D eigenvalue weighted by Gasteiger charge is 2.25. The quantitative estimate of drug-likeness (QED) is 0.900.